The van der Waals surface area contributed by atoms with Crippen molar-refractivity contribution < 1.29 is 18.7 Å². The number of aromatic hydroxyl groups is 1. The summed E-state index contributed by atoms with van der Waals surface area (Å²) in [6, 6.07) is 3.73. The Morgan fingerprint density at radius 3 is 2.65 bits per heavy atom. The molecule has 0 atom stereocenters. The number of hydrogen-bond acceptors (Lipinski definition) is 4. The summed E-state index contributed by atoms with van der Waals surface area (Å²) in [5, 5.41) is 9.37. The molecule has 0 spiro atoms. The van der Waals surface area contributed by atoms with Gasteiger partial charge in [0.1, 0.15) is 11.4 Å². The highest BCUT2D eigenvalue weighted by molar-refractivity contribution is 7.96. The topological polar surface area (TPSA) is 61.4 Å². The second-order valence-corrected chi connectivity index (χ2v) is 3.92. The molecule has 0 aliphatic carbocycles. The quantitative estimate of drug-likeness (QED) is 0.560. The summed E-state index contributed by atoms with van der Waals surface area (Å²) < 4.78 is 29.9. The van der Waals surface area contributed by atoms with Gasteiger partial charge in [-0.3, -0.25) is 9.52 Å². The lowest BCUT2D eigenvalue weighted by Crippen LogP contribution is -2.09. The van der Waals surface area contributed by atoms with Crippen molar-refractivity contribution in [1.29, 1.82) is 0 Å². The normalized spacial score (nSPS) is 17.4. The lowest BCUT2D eigenvalue weighted by molar-refractivity contribution is -0.115. The molecule has 1 saturated heterocycles. The van der Waals surface area contributed by atoms with Crippen LogP contribution in [-0.4, -0.2) is 11.0 Å². The zero-order valence-corrected chi connectivity index (χ0v) is 9.22. The summed E-state index contributed by atoms with van der Waals surface area (Å²) in [4.78, 5) is 11.2. The molecule has 0 bridgehead atoms. The first kappa shape index (κ1) is 11.7. The van der Waals surface area contributed by atoms with Crippen LogP contribution in [0.3, 0.4) is 0 Å². The van der Waals surface area contributed by atoms with Gasteiger partial charge in [0.05, 0.1) is 17.7 Å². The van der Waals surface area contributed by atoms with Crippen LogP contribution in [0.25, 0.3) is 6.08 Å². The van der Waals surface area contributed by atoms with Gasteiger partial charge in [-0.25, -0.2) is 8.78 Å². The number of carbonyl (C=O) groups is 1. The molecule has 90 valence electrons. The number of nitrogens with one attached hydrogen (secondary N) is 2. The number of amides is 1. The number of rotatable bonds is 2. The minimum Gasteiger partial charge on any atom is -0.507 e. The first-order valence-corrected chi connectivity index (χ1v) is 5.44. The van der Waals surface area contributed by atoms with Gasteiger partial charge >= 0.3 is 0 Å². The molecule has 7 heteroatoms. The maximum absolute atomic E-state index is 12.4. The number of hydrogen-bond donors (Lipinski definition) is 3. The first-order valence-electron chi connectivity index (χ1n) is 4.63. The van der Waals surface area contributed by atoms with Crippen LogP contribution in [0.4, 0.5) is 8.78 Å². The highest BCUT2D eigenvalue weighted by Crippen LogP contribution is 2.29. The average molecular weight is 258 g/mol. The Balaban J connectivity index is 2.29. The lowest BCUT2D eigenvalue weighted by atomic mass is 10.1. The second kappa shape index (κ2) is 4.62. The van der Waals surface area contributed by atoms with E-state index in [0.29, 0.717) is 11.3 Å². The van der Waals surface area contributed by atoms with Gasteiger partial charge in [0.2, 0.25) is 0 Å². The molecular weight excluding hydrogens is 250 g/mol. The van der Waals surface area contributed by atoms with E-state index in [1.165, 1.54) is 18.2 Å². The molecule has 0 saturated carbocycles. The summed E-state index contributed by atoms with van der Waals surface area (Å²) in [5.41, 5.74) is 0.344. The minimum absolute atomic E-state index is 0.299. The van der Waals surface area contributed by atoms with Gasteiger partial charge in [-0.05, 0) is 23.8 Å². The smallest absolute Gasteiger partial charge is 0.279 e. The summed E-state index contributed by atoms with van der Waals surface area (Å²) in [6.45, 7) is 0. The highest BCUT2D eigenvalue weighted by atomic mass is 32.2. The molecule has 1 aliphatic rings. The summed E-state index contributed by atoms with van der Waals surface area (Å²) in [7, 11) is 0. The van der Waals surface area contributed by atoms with E-state index in [0.717, 1.165) is 18.2 Å². The van der Waals surface area contributed by atoms with Gasteiger partial charge in [0.25, 0.3) is 12.3 Å². The largest absolute Gasteiger partial charge is 0.507 e. The fraction of sp³-hybridized carbons (Fsp3) is 0.100. The van der Waals surface area contributed by atoms with Crippen molar-refractivity contribution in [1.82, 2.24) is 9.44 Å². The fourth-order valence-corrected chi connectivity index (χ4v) is 1.84. The molecular formula is C10H8F2N2O2S. The third-order valence-corrected chi connectivity index (χ3v) is 2.76. The van der Waals surface area contributed by atoms with E-state index in [-0.39, 0.29) is 5.91 Å². The van der Waals surface area contributed by atoms with E-state index in [1.807, 2.05) is 0 Å². The van der Waals surface area contributed by atoms with Crippen LogP contribution in [0.1, 0.15) is 17.6 Å². The molecule has 4 nitrogen and oxygen atoms in total. The van der Waals surface area contributed by atoms with E-state index >= 15 is 0 Å². The van der Waals surface area contributed by atoms with Crippen molar-refractivity contribution in [2.24, 2.45) is 0 Å². The zero-order valence-electron chi connectivity index (χ0n) is 8.41. The molecule has 0 radical (unpaired) electrons. The van der Waals surface area contributed by atoms with Crippen molar-refractivity contribution in [2.45, 2.75) is 6.43 Å². The van der Waals surface area contributed by atoms with Crippen LogP contribution in [0.5, 0.6) is 5.75 Å². The van der Waals surface area contributed by atoms with Gasteiger partial charge in [-0.1, -0.05) is 6.07 Å². The van der Waals surface area contributed by atoms with E-state index in [9.17, 15) is 18.7 Å². The van der Waals surface area contributed by atoms with E-state index in [1.54, 1.807) is 0 Å². The first-order chi connectivity index (χ1) is 8.08. The van der Waals surface area contributed by atoms with Gasteiger partial charge in [-0.2, -0.15) is 0 Å². The number of alkyl halides is 2. The maximum Gasteiger partial charge on any atom is 0.279 e. The van der Waals surface area contributed by atoms with E-state index in [2.05, 4.69) is 9.44 Å². The number of phenolic OH excluding ortho intramolecular Hbond substituents is 1. The molecule has 1 aromatic rings. The minimum atomic E-state index is -2.72. The standard InChI is InChI=1S/C10H8F2N2O2S/c11-9(12)6-2-1-5(4-8(6)15)3-7-10(16)14-17-13-7/h1-4,9,13,15H,(H,14,16)/b7-3-. The third kappa shape index (κ3) is 2.50. The van der Waals surface area contributed by atoms with Crippen molar-refractivity contribution in [3.63, 3.8) is 0 Å². The number of phenols is 1. The van der Waals surface area contributed by atoms with Crippen molar-refractivity contribution in [2.75, 3.05) is 0 Å². The average Bonchev–Trinajstić information content (AvgIpc) is 2.64. The number of halogens is 2. The third-order valence-electron chi connectivity index (χ3n) is 2.15. The fourth-order valence-electron chi connectivity index (χ4n) is 1.32. The Bertz CT molecular complexity index is 491. The Morgan fingerprint density at radius 1 is 1.35 bits per heavy atom. The molecule has 1 fully saturated rings. The van der Waals surface area contributed by atoms with E-state index < -0.39 is 17.7 Å². The van der Waals surface area contributed by atoms with Crippen LogP contribution in [0, 0.1) is 0 Å². The van der Waals surface area contributed by atoms with Gasteiger partial charge in [-0.15, -0.1) is 0 Å². The molecule has 1 aromatic carbocycles. The predicted octanol–water partition coefficient (Wildman–Crippen LogP) is 1.95. The Labute approximate surface area is 100.0 Å². The zero-order chi connectivity index (χ0) is 12.4. The molecule has 2 rings (SSSR count). The van der Waals surface area contributed by atoms with Crippen LogP contribution < -0.4 is 9.44 Å². The van der Waals surface area contributed by atoms with Crippen molar-refractivity contribution in [3.05, 3.63) is 35.0 Å². The summed E-state index contributed by atoms with van der Waals surface area (Å²) in [5.74, 6) is -0.784. The SMILES string of the molecule is O=C1NSN/C1=C\c1ccc(C(F)F)c(O)c1. The molecule has 0 aromatic heterocycles. The number of benzene rings is 1. The highest BCUT2D eigenvalue weighted by Gasteiger charge is 2.17. The Morgan fingerprint density at radius 2 is 2.12 bits per heavy atom. The molecule has 1 amide bonds. The van der Waals surface area contributed by atoms with Crippen LogP contribution in [0.2, 0.25) is 0 Å². The summed E-state index contributed by atoms with van der Waals surface area (Å²) >= 11 is 1.02. The molecule has 17 heavy (non-hydrogen) atoms. The monoisotopic (exact) mass is 258 g/mol. The van der Waals surface area contributed by atoms with Crippen molar-refractivity contribution >= 4 is 24.1 Å². The van der Waals surface area contributed by atoms with Gasteiger partial charge < -0.3 is 9.83 Å². The van der Waals surface area contributed by atoms with Crippen LogP contribution in [-0.2, 0) is 4.79 Å². The predicted molar refractivity (Wildman–Crippen MR) is 59.9 cm³/mol. The summed E-state index contributed by atoms with van der Waals surface area (Å²) in [6.07, 6.45) is -1.26. The molecule has 3 N–H and O–H groups in total. The second-order valence-electron chi connectivity index (χ2n) is 3.31. The Kier molecular flexibility index (Phi) is 3.19. The molecule has 1 heterocycles. The van der Waals surface area contributed by atoms with Crippen LogP contribution >= 0.6 is 12.1 Å². The van der Waals surface area contributed by atoms with Crippen LogP contribution in [0.15, 0.2) is 23.9 Å². The maximum atomic E-state index is 12.4. The molecule has 1 aliphatic heterocycles. The van der Waals surface area contributed by atoms with Gasteiger partial charge in [0, 0.05) is 0 Å². The van der Waals surface area contributed by atoms with Crippen molar-refractivity contribution in [3.8, 4) is 5.75 Å². The molecule has 0 unspecified atom stereocenters. The Hall–Kier alpha value is -1.76. The lowest BCUT2D eigenvalue weighted by Gasteiger charge is -2.04. The number of carbonyl (C=O) groups excluding carboxylic acids is 1. The van der Waals surface area contributed by atoms with E-state index in [4.69, 9.17) is 0 Å². The van der Waals surface area contributed by atoms with Gasteiger partial charge in [0.15, 0.2) is 0 Å².